The molecule has 2 rings (SSSR count). The SMILES string of the molecule is CCNC(=NCC(C)Oc1ccc(OC)cc1)NC1CCC(=O)NC1. The second-order valence-corrected chi connectivity index (χ2v) is 6.01. The Bertz CT molecular complexity index is 564. The van der Waals surface area contributed by atoms with E-state index in [1.54, 1.807) is 7.11 Å². The zero-order valence-corrected chi connectivity index (χ0v) is 15.2. The van der Waals surface area contributed by atoms with Crippen molar-refractivity contribution in [3.63, 3.8) is 0 Å². The van der Waals surface area contributed by atoms with Crippen LogP contribution in [0, 0.1) is 0 Å². The van der Waals surface area contributed by atoms with Gasteiger partial charge in [0, 0.05) is 25.6 Å². The second-order valence-electron chi connectivity index (χ2n) is 6.01. The molecule has 2 unspecified atom stereocenters. The lowest BCUT2D eigenvalue weighted by Crippen LogP contribution is -2.51. The standard InChI is InChI=1S/C18H28N4O3/c1-4-19-18(22-14-5-10-17(23)20-12-14)21-11-13(2)25-16-8-6-15(24-3)7-9-16/h6-9,13-14H,4-5,10-12H2,1-3H3,(H,20,23)(H2,19,21,22). The van der Waals surface area contributed by atoms with Crippen molar-refractivity contribution < 1.29 is 14.3 Å². The maximum absolute atomic E-state index is 11.2. The Morgan fingerprint density at radius 1 is 1.36 bits per heavy atom. The molecule has 0 aliphatic carbocycles. The lowest BCUT2D eigenvalue weighted by molar-refractivity contribution is -0.122. The third-order valence-electron chi connectivity index (χ3n) is 3.85. The number of hydrogen-bond donors (Lipinski definition) is 3. The van der Waals surface area contributed by atoms with Gasteiger partial charge in [0.05, 0.1) is 13.7 Å². The summed E-state index contributed by atoms with van der Waals surface area (Å²) >= 11 is 0. The maximum atomic E-state index is 11.2. The topological polar surface area (TPSA) is 84.0 Å². The van der Waals surface area contributed by atoms with Crippen molar-refractivity contribution in [2.75, 3.05) is 26.7 Å². The van der Waals surface area contributed by atoms with E-state index < -0.39 is 0 Å². The van der Waals surface area contributed by atoms with Crippen LogP contribution in [-0.4, -0.2) is 50.8 Å². The van der Waals surface area contributed by atoms with Crippen molar-refractivity contribution in [3.8, 4) is 11.5 Å². The molecular formula is C18H28N4O3. The number of nitrogens with one attached hydrogen (secondary N) is 3. The van der Waals surface area contributed by atoms with Gasteiger partial charge >= 0.3 is 0 Å². The van der Waals surface area contributed by atoms with Gasteiger partial charge in [-0.25, -0.2) is 4.99 Å². The molecule has 7 heteroatoms. The normalized spacial score (nSPS) is 18.9. The number of nitrogens with zero attached hydrogens (tertiary/aromatic N) is 1. The number of ether oxygens (including phenoxy) is 2. The molecule has 0 radical (unpaired) electrons. The summed E-state index contributed by atoms with van der Waals surface area (Å²) in [6.07, 6.45) is 1.30. The quantitative estimate of drug-likeness (QED) is 0.511. The molecule has 1 heterocycles. The molecule has 25 heavy (non-hydrogen) atoms. The number of carbonyl (C=O) groups excluding carboxylic acids is 1. The van der Waals surface area contributed by atoms with Gasteiger partial charge in [-0.05, 0) is 44.5 Å². The van der Waals surface area contributed by atoms with E-state index in [4.69, 9.17) is 9.47 Å². The van der Waals surface area contributed by atoms with E-state index in [0.29, 0.717) is 19.5 Å². The first-order valence-corrected chi connectivity index (χ1v) is 8.73. The van der Waals surface area contributed by atoms with Crippen LogP contribution in [0.4, 0.5) is 0 Å². The number of hydrogen-bond acceptors (Lipinski definition) is 4. The van der Waals surface area contributed by atoms with Crippen molar-refractivity contribution in [3.05, 3.63) is 24.3 Å². The molecule has 1 aliphatic heterocycles. The van der Waals surface area contributed by atoms with Crippen molar-refractivity contribution in [1.82, 2.24) is 16.0 Å². The monoisotopic (exact) mass is 348 g/mol. The summed E-state index contributed by atoms with van der Waals surface area (Å²) in [5.41, 5.74) is 0. The number of aliphatic imine (C=N–C) groups is 1. The molecule has 2 atom stereocenters. The first-order valence-electron chi connectivity index (χ1n) is 8.73. The average molecular weight is 348 g/mol. The van der Waals surface area contributed by atoms with Gasteiger partial charge in [0.25, 0.3) is 0 Å². The molecule has 7 nitrogen and oxygen atoms in total. The minimum Gasteiger partial charge on any atom is -0.497 e. The van der Waals surface area contributed by atoms with Crippen LogP contribution < -0.4 is 25.4 Å². The zero-order valence-electron chi connectivity index (χ0n) is 15.2. The molecular weight excluding hydrogens is 320 g/mol. The smallest absolute Gasteiger partial charge is 0.220 e. The summed E-state index contributed by atoms with van der Waals surface area (Å²) in [5.74, 6) is 2.45. The maximum Gasteiger partial charge on any atom is 0.220 e. The van der Waals surface area contributed by atoms with Crippen LogP contribution in [0.5, 0.6) is 11.5 Å². The van der Waals surface area contributed by atoms with Crippen LogP contribution in [0.25, 0.3) is 0 Å². The Morgan fingerprint density at radius 2 is 2.08 bits per heavy atom. The van der Waals surface area contributed by atoms with E-state index in [9.17, 15) is 4.79 Å². The summed E-state index contributed by atoms with van der Waals surface area (Å²) in [6.45, 7) is 5.94. The minimum atomic E-state index is -0.0603. The van der Waals surface area contributed by atoms with Gasteiger partial charge in [-0.1, -0.05) is 0 Å². The van der Waals surface area contributed by atoms with Gasteiger partial charge in [0.2, 0.25) is 5.91 Å². The van der Waals surface area contributed by atoms with Gasteiger partial charge in [0.1, 0.15) is 17.6 Å². The molecule has 0 bridgehead atoms. The summed E-state index contributed by atoms with van der Waals surface area (Å²) < 4.78 is 11.0. The first-order chi connectivity index (χ1) is 12.1. The summed E-state index contributed by atoms with van der Waals surface area (Å²) in [7, 11) is 1.64. The van der Waals surface area contributed by atoms with Crippen LogP contribution >= 0.6 is 0 Å². The molecule has 1 aromatic carbocycles. The molecule has 1 aliphatic rings. The fourth-order valence-electron chi connectivity index (χ4n) is 2.51. The van der Waals surface area contributed by atoms with Crippen LogP contribution in [-0.2, 0) is 4.79 Å². The number of methoxy groups -OCH3 is 1. The van der Waals surface area contributed by atoms with E-state index in [1.807, 2.05) is 38.1 Å². The second kappa shape index (κ2) is 9.76. The lowest BCUT2D eigenvalue weighted by atomic mass is 10.1. The highest BCUT2D eigenvalue weighted by Gasteiger charge is 2.18. The molecule has 0 saturated carbocycles. The van der Waals surface area contributed by atoms with E-state index in [1.165, 1.54) is 0 Å². The zero-order chi connectivity index (χ0) is 18.1. The van der Waals surface area contributed by atoms with Gasteiger partial charge in [-0.3, -0.25) is 4.79 Å². The molecule has 1 fully saturated rings. The van der Waals surface area contributed by atoms with Crippen molar-refractivity contribution in [1.29, 1.82) is 0 Å². The highest BCUT2D eigenvalue weighted by atomic mass is 16.5. The number of piperidine rings is 1. The van der Waals surface area contributed by atoms with E-state index in [-0.39, 0.29) is 18.1 Å². The van der Waals surface area contributed by atoms with Gasteiger partial charge in [0.15, 0.2) is 5.96 Å². The molecule has 1 saturated heterocycles. The highest BCUT2D eigenvalue weighted by molar-refractivity contribution is 5.81. The Balaban J connectivity index is 1.84. The predicted octanol–water partition coefficient (Wildman–Crippen LogP) is 1.30. The van der Waals surface area contributed by atoms with E-state index in [2.05, 4.69) is 20.9 Å². The number of benzene rings is 1. The molecule has 0 aromatic heterocycles. The van der Waals surface area contributed by atoms with E-state index in [0.717, 1.165) is 30.4 Å². The Kier molecular flexibility index (Phi) is 7.37. The van der Waals surface area contributed by atoms with Crippen molar-refractivity contribution in [2.24, 2.45) is 4.99 Å². The fraction of sp³-hybridized carbons (Fsp3) is 0.556. The summed E-state index contributed by atoms with van der Waals surface area (Å²) in [4.78, 5) is 15.8. The number of carbonyl (C=O) groups is 1. The number of rotatable bonds is 7. The van der Waals surface area contributed by atoms with Crippen LogP contribution in [0.2, 0.25) is 0 Å². The fourth-order valence-corrected chi connectivity index (χ4v) is 2.51. The number of guanidine groups is 1. The molecule has 138 valence electrons. The Hall–Kier alpha value is -2.44. The average Bonchev–Trinajstić information content (AvgIpc) is 2.62. The van der Waals surface area contributed by atoms with Gasteiger partial charge in [-0.15, -0.1) is 0 Å². The summed E-state index contributed by atoms with van der Waals surface area (Å²) in [6, 6.07) is 7.71. The highest BCUT2D eigenvalue weighted by Crippen LogP contribution is 2.18. The van der Waals surface area contributed by atoms with Crippen molar-refractivity contribution in [2.45, 2.75) is 38.8 Å². The summed E-state index contributed by atoms with van der Waals surface area (Å²) in [5, 5.41) is 9.46. The third-order valence-corrected chi connectivity index (χ3v) is 3.85. The predicted molar refractivity (Wildman–Crippen MR) is 98.2 cm³/mol. The minimum absolute atomic E-state index is 0.0603. The molecule has 3 N–H and O–H groups in total. The van der Waals surface area contributed by atoms with Crippen LogP contribution in [0.15, 0.2) is 29.3 Å². The molecule has 1 aromatic rings. The third kappa shape index (κ3) is 6.52. The van der Waals surface area contributed by atoms with Crippen LogP contribution in [0.1, 0.15) is 26.7 Å². The van der Waals surface area contributed by atoms with Crippen molar-refractivity contribution >= 4 is 11.9 Å². The van der Waals surface area contributed by atoms with Crippen LogP contribution in [0.3, 0.4) is 0 Å². The van der Waals surface area contributed by atoms with Gasteiger partial charge in [-0.2, -0.15) is 0 Å². The lowest BCUT2D eigenvalue weighted by Gasteiger charge is -2.25. The largest absolute Gasteiger partial charge is 0.497 e. The Labute approximate surface area is 149 Å². The number of amides is 1. The Morgan fingerprint density at radius 3 is 2.68 bits per heavy atom. The first kappa shape index (κ1) is 18.9. The molecule has 0 spiro atoms. The van der Waals surface area contributed by atoms with Gasteiger partial charge < -0.3 is 25.4 Å². The molecule has 1 amide bonds. The van der Waals surface area contributed by atoms with E-state index >= 15 is 0 Å².